The van der Waals surface area contributed by atoms with Crippen molar-refractivity contribution in [1.82, 2.24) is 15.5 Å². The number of nitrogens with zero attached hydrogens (tertiary/aromatic N) is 2. The molecule has 0 bridgehead atoms. The minimum Gasteiger partial charge on any atom is -0.383 e. The number of aryl methyl sites for hydroxylation is 1. The molecule has 2 aromatic rings. The van der Waals surface area contributed by atoms with Crippen LogP contribution < -0.4 is 5.32 Å². The maximum Gasteiger partial charge on any atom is 0.249 e. The van der Waals surface area contributed by atoms with Crippen molar-refractivity contribution in [2.75, 3.05) is 0 Å². The number of aromatic nitrogens is 2. The van der Waals surface area contributed by atoms with Crippen molar-refractivity contribution in [2.24, 2.45) is 0 Å². The number of halogens is 2. The van der Waals surface area contributed by atoms with E-state index >= 15 is 0 Å². The molecule has 0 fully saturated rings. The monoisotopic (exact) mass is 343 g/mol. The standard InChI is InChI=1S/C14H15ClFN3O2S/c1-7(14-19-18-8(2)22-14)17-13(21)12(20)6-9-10(15)4-3-5-11(9)16/h3-5,7,12,20H,6H2,1-2H3,(H,17,21). The van der Waals surface area contributed by atoms with Crippen LogP contribution in [0.1, 0.15) is 28.5 Å². The van der Waals surface area contributed by atoms with Gasteiger partial charge in [0.05, 0.1) is 6.04 Å². The maximum absolute atomic E-state index is 13.7. The van der Waals surface area contributed by atoms with Crippen LogP contribution in [0, 0.1) is 12.7 Å². The zero-order chi connectivity index (χ0) is 16.3. The van der Waals surface area contributed by atoms with Gasteiger partial charge in [0.2, 0.25) is 5.91 Å². The van der Waals surface area contributed by atoms with Crippen molar-refractivity contribution >= 4 is 28.8 Å². The molecule has 2 unspecified atom stereocenters. The van der Waals surface area contributed by atoms with Crippen LogP contribution in [0.15, 0.2) is 18.2 Å². The fraction of sp³-hybridized carbons (Fsp3) is 0.357. The van der Waals surface area contributed by atoms with Gasteiger partial charge in [-0.1, -0.05) is 29.0 Å². The van der Waals surface area contributed by atoms with Crippen molar-refractivity contribution < 1.29 is 14.3 Å². The number of aliphatic hydroxyl groups excluding tert-OH is 1. The van der Waals surface area contributed by atoms with Crippen LogP contribution in [0.3, 0.4) is 0 Å². The average Bonchev–Trinajstić information content (AvgIpc) is 2.89. The molecule has 8 heteroatoms. The third-order valence-corrected chi connectivity index (χ3v) is 4.41. The minimum absolute atomic E-state index is 0.117. The van der Waals surface area contributed by atoms with E-state index in [1.807, 2.05) is 6.92 Å². The lowest BCUT2D eigenvalue weighted by Gasteiger charge is -2.15. The summed E-state index contributed by atoms with van der Waals surface area (Å²) in [6.45, 7) is 3.55. The first-order valence-corrected chi connectivity index (χ1v) is 7.79. The Morgan fingerprint density at radius 2 is 2.23 bits per heavy atom. The van der Waals surface area contributed by atoms with Crippen molar-refractivity contribution in [1.29, 1.82) is 0 Å². The molecule has 0 saturated carbocycles. The van der Waals surface area contributed by atoms with E-state index in [0.717, 1.165) is 5.01 Å². The Labute approximate surface area is 136 Å². The minimum atomic E-state index is -1.40. The summed E-state index contributed by atoms with van der Waals surface area (Å²) in [6.07, 6.45) is -1.59. The molecule has 0 aliphatic carbocycles. The molecule has 1 aromatic heterocycles. The lowest BCUT2D eigenvalue weighted by atomic mass is 10.1. The van der Waals surface area contributed by atoms with Crippen molar-refractivity contribution in [3.63, 3.8) is 0 Å². The predicted molar refractivity (Wildman–Crippen MR) is 82.3 cm³/mol. The van der Waals surface area contributed by atoms with Gasteiger partial charge in [0, 0.05) is 17.0 Å². The molecule has 0 saturated heterocycles. The van der Waals surface area contributed by atoms with Gasteiger partial charge in [-0.25, -0.2) is 4.39 Å². The molecule has 1 heterocycles. The van der Waals surface area contributed by atoms with E-state index in [1.165, 1.54) is 29.5 Å². The third-order valence-electron chi connectivity index (χ3n) is 3.03. The van der Waals surface area contributed by atoms with E-state index in [1.54, 1.807) is 6.92 Å². The second-order valence-electron chi connectivity index (χ2n) is 4.81. The number of carbonyl (C=O) groups excluding carboxylic acids is 1. The molecule has 0 aliphatic heterocycles. The average molecular weight is 344 g/mol. The van der Waals surface area contributed by atoms with Gasteiger partial charge in [0.1, 0.15) is 21.9 Å². The van der Waals surface area contributed by atoms with Crippen LogP contribution in [0.25, 0.3) is 0 Å². The third kappa shape index (κ3) is 4.00. The summed E-state index contributed by atoms with van der Waals surface area (Å²) in [5.41, 5.74) is 0.117. The van der Waals surface area contributed by atoms with E-state index in [4.69, 9.17) is 11.6 Å². The molecule has 1 amide bonds. The quantitative estimate of drug-likeness (QED) is 0.874. The lowest BCUT2D eigenvalue weighted by Crippen LogP contribution is -2.37. The molecule has 1 aromatic carbocycles. The van der Waals surface area contributed by atoms with Gasteiger partial charge in [-0.15, -0.1) is 10.2 Å². The number of hydrogen-bond donors (Lipinski definition) is 2. The molecule has 2 rings (SSSR count). The first-order valence-electron chi connectivity index (χ1n) is 6.59. The second-order valence-corrected chi connectivity index (χ2v) is 6.43. The van der Waals surface area contributed by atoms with Gasteiger partial charge in [-0.05, 0) is 26.0 Å². The van der Waals surface area contributed by atoms with E-state index in [0.29, 0.717) is 5.01 Å². The van der Waals surface area contributed by atoms with Gasteiger partial charge >= 0.3 is 0 Å². The van der Waals surface area contributed by atoms with E-state index in [9.17, 15) is 14.3 Å². The van der Waals surface area contributed by atoms with Crippen LogP contribution in [0.5, 0.6) is 0 Å². The zero-order valence-electron chi connectivity index (χ0n) is 12.0. The topological polar surface area (TPSA) is 75.1 Å². The van der Waals surface area contributed by atoms with E-state index < -0.39 is 17.8 Å². The summed E-state index contributed by atoms with van der Waals surface area (Å²) >= 11 is 7.24. The fourth-order valence-electron chi connectivity index (χ4n) is 1.87. The van der Waals surface area contributed by atoms with Crippen LogP contribution in [-0.2, 0) is 11.2 Å². The number of amides is 1. The highest BCUT2D eigenvalue weighted by atomic mass is 35.5. The molecule has 2 atom stereocenters. The van der Waals surface area contributed by atoms with Gasteiger partial charge in [0.25, 0.3) is 0 Å². The van der Waals surface area contributed by atoms with Gasteiger partial charge < -0.3 is 10.4 Å². The highest BCUT2D eigenvalue weighted by molar-refractivity contribution is 7.11. The fourth-order valence-corrected chi connectivity index (χ4v) is 2.81. The Morgan fingerprint density at radius 3 is 2.82 bits per heavy atom. The number of rotatable bonds is 5. The summed E-state index contributed by atoms with van der Waals surface area (Å²) in [7, 11) is 0. The number of nitrogens with one attached hydrogen (secondary N) is 1. The van der Waals surface area contributed by atoms with Gasteiger partial charge in [-0.3, -0.25) is 4.79 Å². The summed E-state index contributed by atoms with van der Waals surface area (Å²) in [5.74, 6) is -1.16. The molecular formula is C14H15ClFN3O2S. The first kappa shape index (κ1) is 16.8. The Kier molecular flexibility index (Phi) is 5.44. The molecule has 0 aliphatic rings. The summed E-state index contributed by atoms with van der Waals surface area (Å²) in [5, 5.41) is 22.0. The molecule has 2 N–H and O–H groups in total. The van der Waals surface area contributed by atoms with E-state index in [-0.39, 0.29) is 23.0 Å². The maximum atomic E-state index is 13.7. The predicted octanol–water partition coefficient (Wildman–Crippen LogP) is 2.42. The summed E-state index contributed by atoms with van der Waals surface area (Å²) in [4.78, 5) is 12.0. The second kappa shape index (κ2) is 7.13. The smallest absolute Gasteiger partial charge is 0.249 e. The molecule has 0 spiro atoms. The van der Waals surface area contributed by atoms with Crippen LogP contribution in [0.2, 0.25) is 5.02 Å². The molecule has 22 heavy (non-hydrogen) atoms. The largest absolute Gasteiger partial charge is 0.383 e. The SMILES string of the molecule is Cc1nnc(C(C)NC(=O)C(O)Cc2c(F)cccc2Cl)s1. The van der Waals surface area contributed by atoms with Gasteiger partial charge in [-0.2, -0.15) is 0 Å². The molecular weight excluding hydrogens is 329 g/mol. The Morgan fingerprint density at radius 1 is 1.50 bits per heavy atom. The Hall–Kier alpha value is -1.57. The summed E-state index contributed by atoms with van der Waals surface area (Å²) < 4.78 is 13.7. The van der Waals surface area contributed by atoms with Crippen LogP contribution in [-0.4, -0.2) is 27.3 Å². The number of hydrogen-bond acceptors (Lipinski definition) is 5. The molecule has 118 valence electrons. The lowest BCUT2D eigenvalue weighted by molar-refractivity contribution is -0.129. The Balaban J connectivity index is 2.00. The molecule has 5 nitrogen and oxygen atoms in total. The summed E-state index contributed by atoms with van der Waals surface area (Å²) in [6, 6.07) is 3.83. The van der Waals surface area contributed by atoms with Crippen LogP contribution >= 0.6 is 22.9 Å². The van der Waals surface area contributed by atoms with Gasteiger partial charge in [0.15, 0.2) is 0 Å². The molecule has 0 radical (unpaired) electrons. The van der Waals surface area contributed by atoms with Crippen LogP contribution in [0.4, 0.5) is 4.39 Å². The van der Waals surface area contributed by atoms with E-state index in [2.05, 4.69) is 15.5 Å². The zero-order valence-corrected chi connectivity index (χ0v) is 13.6. The first-order chi connectivity index (χ1) is 10.4. The highest BCUT2D eigenvalue weighted by Gasteiger charge is 2.22. The number of carbonyl (C=O) groups is 1. The Bertz CT molecular complexity index is 660. The normalized spacial score (nSPS) is 13.7. The van der Waals surface area contributed by atoms with Crippen molar-refractivity contribution in [3.05, 3.63) is 44.6 Å². The highest BCUT2D eigenvalue weighted by Crippen LogP contribution is 2.21. The number of aliphatic hydroxyl groups is 1. The van der Waals surface area contributed by atoms with Crippen molar-refractivity contribution in [2.45, 2.75) is 32.4 Å². The van der Waals surface area contributed by atoms with Crippen molar-refractivity contribution in [3.8, 4) is 0 Å². The number of benzene rings is 1.